The molecular weight excluding hydrogens is 245 g/mol. The second-order valence-corrected chi connectivity index (χ2v) is 4.29. The molecule has 1 unspecified atom stereocenters. The van der Waals surface area contributed by atoms with Crippen molar-refractivity contribution < 1.29 is 4.39 Å². The molecule has 4 N–H and O–H groups in total. The maximum atomic E-state index is 12.8. The number of hydrogen-bond donors (Lipinski definition) is 3. The van der Waals surface area contributed by atoms with Gasteiger partial charge in [-0.1, -0.05) is 12.1 Å². The first-order valence-corrected chi connectivity index (χ1v) is 5.98. The van der Waals surface area contributed by atoms with Crippen molar-refractivity contribution in [3.8, 4) is 0 Å². The summed E-state index contributed by atoms with van der Waals surface area (Å²) in [6.45, 7) is 2.03. The maximum absolute atomic E-state index is 12.8. The van der Waals surface area contributed by atoms with E-state index in [2.05, 4.69) is 20.7 Å². The van der Waals surface area contributed by atoms with Gasteiger partial charge in [0, 0.05) is 12.2 Å². The van der Waals surface area contributed by atoms with Gasteiger partial charge in [-0.15, -0.1) is 0 Å². The average molecular weight is 261 g/mol. The van der Waals surface area contributed by atoms with E-state index in [-0.39, 0.29) is 11.9 Å². The van der Waals surface area contributed by atoms with Crippen molar-refractivity contribution in [2.75, 3.05) is 10.7 Å². The summed E-state index contributed by atoms with van der Waals surface area (Å²) >= 11 is 0. The fraction of sp³-hybridized carbons (Fsp3) is 0.231. The predicted molar refractivity (Wildman–Crippen MR) is 73.0 cm³/mol. The normalized spacial score (nSPS) is 11.9. The summed E-state index contributed by atoms with van der Waals surface area (Å²) in [6, 6.07) is 8.40. The van der Waals surface area contributed by atoms with Crippen molar-refractivity contribution in [2.45, 2.75) is 19.4 Å². The largest absolute Gasteiger partial charge is 0.367 e. The second kappa shape index (κ2) is 6.10. The zero-order chi connectivity index (χ0) is 13.7. The van der Waals surface area contributed by atoms with Crippen molar-refractivity contribution in [1.82, 2.24) is 9.97 Å². The van der Waals surface area contributed by atoms with Crippen LogP contribution in [0.1, 0.15) is 12.5 Å². The summed E-state index contributed by atoms with van der Waals surface area (Å²) < 4.78 is 12.8. The predicted octanol–water partition coefficient (Wildman–Crippen LogP) is 1.94. The van der Waals surface area contributed by atoms with E-state index in [0.717, 1.165) is 12.0 Å². The molecule has 6 heteroatoms. The highest BCUT2D eigenvalue weighted by molar-refractivity contribution is 5.40. The minimum Gasteiger partial charge on any atom is -0.367 e. The quantitative estimate of drug-likeness (QED) is 0.566. The molecule has 1 aromatic heterocycles. The molecule has 2 rings (SSSR count). The summed E-state index contributed by atoms with van der Waals surface area (Å²) in [4.78, 5) is 8.10. The molecule has 0 saturated heterocycles. The highest BCUT2D eigenvalue weighted by atomic mass is 19.1. The zero-order valence-electron chi connectivity index (χ0n) is 10.6. The van der Waals surface area contributed by atoms with Crippen LogP contribution in [0.25, 0.3) is 0 Å². The molecule has 5 nitrogen and oxygen atoms in total. The monoisotopic (exact) mass is 261 g/mol. The average Bonchev–Trinajstić information content (AvgIpc) is 2.41. The molecule has 0 fully saturated rings. The van der Waals surface area contributed by atoms with E-state index in [0.29, 0.717) is 11.8 Å². The van der Waals surface area contributed by atoms with Crippen LogP contribution in [0.2, 0.25) is 0 Å². The first-order chi connectivity index (χ1) is 9.17. The lowest BCUT2D eigenvalue weighted by molar-refractivity contribution is 0.626. The molecule has 100 valence electrons. The van der Waals surface area contributed by atoms with Crippen molar-refractivity contribution in [2.24, 2.45) is 5.84 Å². The number of nitrogens with zero attached hydrogens (tertiary/aromatic N) is 2. The van der Waals surface area contributed by atoms with Gasteiger partial charge in [-0.25, -0.2) is 15.2 Å². The van der Waals surface area contributed by atoms with Crippen LogP contribution >= 0.6 is 0 Å². The Morgan fingerprint density at radius 2 is 2.00 bits per heavy atom. The number of nitrogens with one attached hydrogen (secondary N) is 2. The Kier molecular flexibility index (Phi) is 4.25. The minimum atomic E-state index is -0.223. The number of benzene rings is 1. The minimum absolute atomic E-state index is 0.158. The van der Waals surface area contributed by atoms with Gasteiger partial charge in [-0.3, -0.25) is 5.43 Å². The lowest BCUT2D eigenvalue weighted by Crippen LogP contribution is -2.20. The van der Waals surface area contributed by atoms with Crippen molar-refractivity contribution in [3.63, 3.8) is 0 Å². The first kappa shape index (κ1) is 13.2. The number of nitrogens with two attached hydrogens (primary N) is 1. The Morgan fingerprint density at radius 3 is 2.68 bits per heavy atom. The van der Waals surface area contributed by atoms with Gasteiger partial charge in [0.15, 0.2) is 0 Å². The van der Waals surface area contributed by atoms with Crippen LogP contribution in [0, 0.1) is 5.82 Å². The molecule has 0 aliphatic heterocycles. The number of rotatable bonds is 5. The van der Waals surface area contributed by atoms with E-state index >= 15 is 0 Å². The summed E-state index contributed by atoms with van der Waals surface area (Å²) in [5.41, 5.74) is 3.46. The zero-order valence-corrected chi connectivity index (χ0v) is 10.6. The lowest BCUT2D eigenvalue weighted by atomic mass is 10.1. The van der Waals surface area contributed by atoms with Gasteiger partial charge in [0.2, 0.25) is 5.95 Å². The number of nitrogen functional groups attached to an aromatic ring is 1. The molecule has 0 spiro atoms. The van der Waals surface area contributed by atoms with Gasteiger partial charge >= 0.3 is 0 Å². The molecule has 0 aliphatic carbocycles. The van der Waals surface area contributed by atoms with Crippen molar-refractivity contribution in [3.05, 3.63) is 47.9 Å². The van der Waals surface area contributed by atoms with Crippen LogP contribution < -0.4 is 16.6 Å². The van der Waals surface area contributed by atoms with E-state index in [9.17, 15) is 4.39 Å². The van der Waals surface area contributed by atoms with E-state index in [1.54, 1.807) is 24.4 Å². The number of halogens is 1. The van der Waals surface area contributed by atoms with Gasteiger partial charge < -0.3 is 5.32 Å². The van der Waals surface area contributed by atoms with E-state index in [1.165, 1.54) is 12.1 Å². The van der Waals surface area contributed by atoms with Crippen LogP contribution in [-0.2, 0) is 6.42 Å². The Morgan fingerprint density at radius 1 is 1.26 bits per heavy atom. The molecular formula is C13H16FN5. The summed E-state index contributed by atoms with van der Waals surface area (Å²) in [6.07, 6.45) is 2.39. The summed E-state index contributed by atoms with van der Waals surface area (Å²) in [7, 11) is 0. The highest BCUT2D eigenvalue weighted by Crippen LogP contribution is 2.10. The third kappa shape index (κ3) is 3.89. The number of hydrogen-bond acceptors (Lipinski definition) is 5. The molecule has 19 heavy (non-hydrogen) atoms. The number of hydrazine groups is 1. The molecule has 1 heterocycles. The fourth-order valence-electron chi connectivity index (χ4n) is 1.79. The number of aromatic nitrogens is 2. The molecule has 0 amide bonds. The van der Waals surface area contributed by atoms with E-state index in [4.69, 9.17) is 5.84 Å². The SMILES string of the molecule is CC(Cc1ccc(F)cc1)Nc1ccnc(NN)n1. The Balaban J connectivity index is 1.96. The van der Waals surface area contributed by atoms with E-state index < -0.39 is 0 Å². The Bertz CT molecular complexity index is 529. The number of anilines is 2. The van der Waals surface area contributed by atoms with Gasteiger partial charge in [0.25, 0.3) is 0 Å². The molecule has 0 radical (unpaired) electrons. The molecule has 0 saturated carbocycles. The van der Waals surface area contributed by atoms with Crippen molar-refractivity contribution >= 4 is 11.8 Å². The van der Waals surface area contributed by atoms with Gasteiger partial charge in [0.1, 0.15) is 11.6 Å². The van der Waals surface area contributed by atoms with Gasteiger partial charge in [-0.05, 0) is 37.1 Å². The standard InChI is InChI=1S/C13H16FN5/c1-9(8-10-2-4-11(14)5-3-10)17-12-6-7-16-13(18-12)19-15/h2-7,9H,8,15H2,1H3,(H2,16,17,18,19). The second-order valence-electron chi connectivity index (χ2n) is 4.29. The van der Waals surface area contributed by atoms with Crippen LogP contribution in [0.4, 0.5) is 16.2 Å². The third-order valence-corrected chi connectivity index (χ3v) is 2.63. The molecule has 0 bridgehead atoms. The highest BCUT2D eigenvalue weighted by Gasteiger charge is 2.05. The van der Waals surface area contributed by atoms with Gasteiger partial charge in [-0.2, -0.15) is 4.98 Å². The molecule has 0 aliphatic rings. The van der Waals surface area contributed by atoms with E-state index in [1.807, 2.05) is 6.92 Å². The van der Waals surface area contributed by atoms with Crippen LogP contribution in [0.3, 0.4) is 0 Å². The third-order valence-electron chi connectivity index (χ3n) is 2.63. The maximum Gasteiger partial charge on any atom is 0.239 e. The molecule has 1 aromatic carbocycles. The lowest BCUT2D eigenvalue weighted by Gasteiger charge is -2.14. The Labute approximate surface area is 111 Å². The smallest absolute Gasteiger partial charge is 0.239 e. The molecule has 2 aromatic rings. The molecule has 1 atom stereocenters. The van der Waals surface area contributed by atoms with Crippen LogP contribution in [0.5, 0.6) is 0 Å². The fourth-order valence-corrected chi connectivity index (χ4v) is 1.79. The van der Waals surface area contributed by atoms with Crippen LogP contribution in [0.15, 0.2) is 36.5 Å². The topological polar surface area (TPSA) is 75.9 Å². The van der Waals surface area contributed by atoms with Crippen LogP contribution in [-0.4, -0.2) is 16.0 Å². The summed E-state index contributed by atoms with van der Waals surface area (Å²) in [5.74, 6) is 6.08. The summed E-state index contributed by atoms with van der Waals surface area (Å²) in [5, 5.41) is 3.24. The first-order valence-electron chi connectivity index (χ1n) is 5.98. The van der Waals surface area contributed by atoms with Crippen molar-refractivity contribution in [1.29, 1.82) is 0 Å². The van der Waals surface area contributed by atoms with Gasteiger partial charge in [0.05, 0.1) is 0 Å². The Hall–Kier alpha value is -2.21.